The summed E-state index contributed by atoms with van der Waals surface area (Å²) in [6.45, 7) is 6.77. The van der Waals surface area contributed by atoms with Crippen LogP contribution < -0.4 is 11.1 Å². The molecule has 1 rings (SSSR count). The van der Waals surface area contributed by atoms with Crippen molar-refractivity contribution in [2.45, 2.75) is 39.8 Å². The van der Waals surface area contributed by atoms with Crippen molar-refractivity contribution in [2.75, 3.05) is 5.32 Å². The zero-order valence-electron chi connectivity index (χ0n) is 10.5. The number of hydrogen-bond donors (Lipinski definition) is 2. The van der Waals surface area contributed by atoms with Crippen LogP contribution >= 0.6 is 12.4 Å². The summed E-state index contributed by atoms with van der Waals surface area (Å²) in [4.78, 5) is 11.7. The van der Waals surface area contributed by atoms with Crippen LogP contribution in [0.1, 0.15) is 27.2 Å². The van der Waals surface area contributed by atoms with Gasteiger partial charge in [0.05, 0.1) is 17.9 Å². The van der Waals surface area contributed by atoms with Crippen LogP contribution in [0.3, 0.4) is 0 Å². The number of amides is 1. The number of hydrogen-bond acceptors (Lipinski definition) is 3. The van der Waals surface area contributed by atoms with E-state index in [0.717, 1.165) is 13.0 Å². The Hall–Kier alpha value is -1.07. The van der Waals surface area contributed by atoms with Crippen molar-refractivity contribution in [3.63, 3.8) is 0 Å². The first-order valence-corrected chi connectivity index (χ1v) is 5.67. The minimum absolute atomic E-state index is 0. The van der Waals surface area contributed by atoms with Crippen molar-refractivity contribution in [1.29, 1.82) is 0 Å². The number of aromatic nitrogens is 2. The molecule has 0 aliphatic heterocycles. The number of carbonyl (C=O) groups is 1. The molecule has 0 saturated heterocycles. The van der Waals surface area contributed by atoms with E-state index in [1.807, 2.05) is 20.8 Å². The molecule has 0 radical (unpaired) electrons. The molecule has 98 valence electrons. The van der Waals surface area contributed by atoms with E-state index in [1.54, 1.807) is 17.1 Å². The van der Waals surface area contributed by atoms with Gasteiger partial charge in [-0.05, 0) is 12.8 Å². The van der Waals surface area contributed by atoms with Gasteiger partial charge in [-0.25, -0.2) is 0 Å². The van der Waals surface area contributed by atoms with Crippen LogP contribution in [0, 0.1) is 5.92 Å². The highest BCUT2D eigenvalue weighted by Gasteiger charge is 2.19. The van der Waals surface area contributed by atoms with Gasteiger partial charge in [-0.3, -0.25) is 9.48 Å². The minimum atomic E-state index is -0.463. The van der Waals surface area contributed by atoms with Crippen molar-refractivity contribution in [3.05, 3.63) is 12.4 Å². The standard InChI is InChI=1S/C11H20N4O.ClH/c1-4-8(3)10(12)11(16)14-9-6-13-15(5-2)7-9;/h6-8,10H,4-5,12H2,1-3H3,(H,14,16);1H. The fraction of sp³-hybridized carbons (Fsp3) is 0.636. The smallest absolute Gasteiger partial charge is 0.241 e. The SMILES string of the molecule is CCC(C)C(N)C(=O)Nc1cnn(CC)c1.Cl. The van der Waals surface area contributed by atoms with Gasteiger partial charge in [0.25, 0.3) is 0 Å². The lowest BCUT2D eigenvalue weighted by atomic mass is 9.99. The molecule has 0 aliphatic carbocycles. The highest BCUT2D eigenvalue weighted by Crippen LogP contribution is 2.09. The lowest BCUT2D eigenvalue weighted by Gasteiger charge is -2.16. The van der Waals surface area contributed by atoms with E-state index in [2.05, 4.69) is 10.4 Å². The molecule has 0 aromatic carbocycles. The molecular weight excluding hydrogens is 240 g/mol. The van der Waals surface area contributed by atoms with E-state index in [-0.39, 0.29) is 24.2 Å². The molecule has 0 bridgehead atoms. The third kappa shape index (κ3) is 4.36. The van der Waals surface area contributed by atoms with Gasteiger partial charge < -0.3 is 11.1 Å². The summed E-state index contributed by atoms with van der Waals surface area (Å²) in [5, 5.41) is 6.84. The van der Waals surface area contributed by atoms with Crippen LogP contribution in [0.15, 0.2) is 12.4 Å². The second-order valence-corrected chi connectivity index (χ2v) is 3.99. The summed E-state index contributed by atoms with van der Waals surface area (Å²) in [5.41, 5.74) is 6.52. The Morgan fingerprint density at radius 2 is 2.24 bits per heavy atom. The number of carbonyl (C=O) groups excluding carboxylic acids is 1. The third-order valence-electron chi connectivity index (χ3n) is 2.78. The van der Waals surface area contributed by atoms with Gasteiger partial charge >= 0.3 is 0 Å². The maximum absolute atomic E-state index is 11.7. The first kappa shape index (κ1) is 15.9. The minimum Gasteiger partial charge on any atom is -0.322 e. The molecule has 2 atom stereocenters. The number of nitrogens with two attached hydrogens (primary N) is 1. The number of halogens is 1. The van der Waals surface area contributed by atoms with E-state index in [1.165, 1.54) is 0 Å². The summed E-state index contributed by atoms with van der Waals surface area (Å²) >= 11 is 0. The van der Waals surface area contributed by atoms with E-state index in [0.29, 0.717) is 5.69 Å². The summed E-state index contributed by atoms with van der Waals surface area (Å²) < 4.78 is 1.75. The van der Waals surface area contributed by atoms with Crippen LogP contribution in [0.2, 0.25) is 0 Å². The highest BCUT2D eigenvalue weighted by atomic mass is 35.5. The van der Waals surface area contributed by atoms with Gasteiger partial charge in [-0.15, -0.1) is 12.4 Å². The van der Waals surface area contributed by atoms with Crippen molar-refractivity contribution in [1.82, 2.24) is 9.78 Å². The summed E-state index contributed by atoms with van der Waals surface area (Å²) in [5.74, 6) is 0.0335. The van der Waals surface area contributed by atoms with Crippen molar-refractivity contribution >= 4 is 24.0 Å². The molecule has 0 aliphatic rings. The fourth-order valence-corrected chi connectivity index (χ4v) is 1.34. The molecule has 1 amide bonds. The van der Waals surface area contributed by atoms with Gasteiger partial charge in [0.2, 0.25) is 5.91 Å². The van der Waals surface area contributed by atoms with Crippen LogP contribution in [0.4, 0.5) is 5.69 Å². The Morgan fingerprint density at radius 1 is 1.59 bits per heavy atom. The molecule has 5 nitrogen and oxygen atoms in total. The largest absolute Gasteiger partial charge is 0.322 e. The Kier molecular flexibility index (Phi) is 6.83. The molecule has 2 unspecified atom stereocenters. The van der Waals surface area contributed by atoms with Gasteiger partial charge in [0.15, 0.2) is 0 Å². The summed E-state index contributed by atoms with van der Waals surface area (Å²) in [7, 11) is 0. The normalized spacial score (nSPS) is 13.6. The maximum atomic E-state index is 11.7. The molecule has 0 spiro atoms. The van der Waals surface area contributed by atoms with Crippen molar-refractivity contribution < 1.29 is 4.79 Å². The lowest BCUT2D eigenvalue weighted by molar-refractivity contribution is -0.118. The van der Waals surface area contributed by atoms with Crippen LogP contribution in [0.25, 0.3) is 0 Å². The molecular formula is C11H21ClN4O. The van der Waals surface area contributed by atoms with E-state index < -0.39 is 6.04 Å². The topological polar surface area (TPSA) is 72.9 Å². The number of nitrogens with zero attached hydrogens (tertiary/aromatic N) is 2. The predicted octanol–water partition coefficient (Wildman–Crippen LogP) is 1.64. The molecule has 3 N–H and O–H groups in total. The molecule has 0 fully saturated rings. The number of rotatable bonds is 5. The van der Waals surface area contributed by atoms with E-state index in [9.17, 15) is 4.79 Å². The van der Waals surface area contributed by atoms with E-state index in [4.69, 9.17) is 5.73 Å². The summed E-state index contributed by atoms with van der Waals surface area (Å²) in [6.07, 6.45) is 4.31. The first-order chi connectivity index (χ1) is 7.58. The average molecular weight is 261 g/mol. The molecule has 6 heteroatoms. The number of aryl methyl sites for hydroxylation is 1. The van der Waals surface area contributed by atoms with Gasteiger partial charge in [-0.2, -0.15) is 5.10 Å². The number of anilines is 1. The molecule has 17 heavy (non-hydrogen) atoms. The van der Waals surface area contributed by atoms with Crippen LogP contribution in [0.5, 0.6) is 0 Å². The Balaban J connectivity index is 0.00000256. The maximum Gasteiger partial charge on any atom is 0.241 e. The predicted molar refractivity (Wildman–Crippen MR) is 71.2 cm³/mol. The summed E-state index contributed by atoms with van der Waals surface area (Å²) in [6, 6.07) is -0.463. The highest BCUT2D eigenvalue weighted by molar-refractivity contribution is 5.94. The fourth-order valence-electron chi connectivity index (χ4n) is 1.34. The lowest BCUT2D eigenvalue weighted by Crippen LogP contribution is -2.40. The molecule has 1 aromatic rings. The van der Waals surface area contributed by atoms with Crippen LogP contribution in [-0.2, 0) is 11.3 Å². The molecule has 1 heterocycles. The monoisotopic (exact) mass is 260 g/mol. The van der Waals surface area contributed by atoms with Crippen LogP contribution in [-0.4, -0.2) is 21.7 Å². The third-order valence-corrected chi connectivity index (χ3v) is 2.78. The first-order valence-electron chi connectivity index (χ1n) is 5.67. The van der Waals surface area contributed by atoms with Gasteiger partial charge in [-0.1, -0.05) is 20.3 Å². The van der Waals surface area contributed by atoms with E-state index >= 15 is 0 Å². The van der Waals surface area contributed by atoms with Crippen molar-refractivity contribution in [2.24, 2.45) is 11.7 Å². The molecule has 1 aromatic heterocycles. The Bertz CT molecular complexity index is 353. The van der Waals surface area contributed by atoms with Gasteiger partial charge in [0, 0.05) is 12.7 Å². The number of nitrogens with one attached hydrogen (secondary N) is 1. The van der Waals surface area contributed by atoms with Crippen molar-refractivity contribution in [3.8, 4) is 0 Å². The Labute approximate surface area is 108 Å². The second-order valence-electron chi connectivity index (χ2n) is 3.99. The average Bonchev–Trinajstić information content (AvgIpc) is 2.74. The Morgan fingerprint density at radius 3 is 2.71 bits per heavy atom. The zero-order valence-corrected chi connectivity index (χ0v) is 11.3. The zero-order chi connectivity index (χ0) is 12.1. The quantitative estimate of drug-likeness (QED) is 0.845. The molecule has 0 saturated carbocycles. The van der Waals surface area contributed by atoms with Gasteiger partial charge in [0.1, 0.15) is 0 Å². The second kappa shape index (κ2) is 7.29.